The summed E-state index contributed by atoms with van der Waals surface area (Å²) in [7, 11) is 0. The van der Waals surface area contributed by atoms with Crippen LogP contribution in [0.2, 0.25) is 0 Å². The van der Waals surface area contributed by atoms with Crippen molar-refractivity contribution in [3.8, 4) is 22.8 Å². The van der Waals surface area contributed by atoms with Crippen molar-refractivity contribution in [2.24, 2.45) is 15.2 Å². The minimum Gasteiger partial charge on any atom is -0.457 e. The van der Waals surface area contributed by atoms with E-state index < -0.39 is 0 Å². The molecule has 43 heavy (non-hydrogen) atoms. The maximum atomic E-state index is 13.6. The number of fused-ring (bicyclic) bond motifs is 1. The van der Waals surface area contributed by atoms with Gasteiger partial charge in [-0.25, -0.2) is 9.98 Å². The summed E-state index contributed by atoms with van der Waals surface area (Å²) in [5.41, 5.74) is 4.28. The standard InChI is InChI=1S/C34H30N6O2S/c1-3-39(4-2)23-40-29-18-12-11-17-28(29)31(33(40)41)36-34-35-30(24-13-7-5-8-14-24)32(43-34)38-37-25-19-21-27(22-20-25)42-26-15-9-6-10-16-26/h5-22H,3-4,23H2,1-2H3/b36-31-,38-37?. The number of benzene rings is 4. The minimum atomic E-state index is -0.134. The number of aromatic nitrogens is 1. The number of aliphatic imine (C=N–C) groups is 1. The third-order valence-electron chi connectivity index (χ3n) is 7.06. The van der Waals surface area contributed by atoms with Gasteiger partial charge in [-0.1, -0.05) is 91.9 Å². The zero-order valence-electron chi connectivity index (χ0n) is 23.9. The van der Waals surface area contributed by atoms with Crippen molar-refractivity contribution in [1.82, 2.24) is 9.88 Å². The molecule has 1 aliphatic rings. The molecule has 0 N–H and O–H groups in total. The predicted octanol–water partition coefficient (Wildman–Crippen LogP) is 8.78. The van der Waals surface area contributed by atoms with Crippen LogP contribution in [0.25, 0.3) is 11.3 Å². The Morgan fingerprint density at radius 3 is 2.16 bits per heavy atom. The number of rotatable bonds is 10. The van der Waals surface area contributed by atoms with Crippen LogP contribution in [0.3, 0.4) is 0 Å². The van der Waals surface area contributed by atoms with Crippen molar-refractivity contribution >= 4 is 44.5 Å². The second kappa shape index (κ2) is 12.9. The molecule has 0 radical (unpaired) electrons. The highest BCUT2D eigenvalue weighted by molar-refractivity contribution is 7.19. The van der Waals surface area contributed by atoms with Gasteiger partial charge in [-0.3, -0.25) is 14.6 Å². The molecule has 8 nitrogen and oxygen atoms in total. The normalized spacial score (nSPS) is 13.8. The van der Waals surface area contributed by atoms with Crippen LogP contribution in [0.1, 0.15) is 19.4 Å². The Morgan fingerprint density at radius 1 is 0.791 bits per heavy atom. The summed E-state index contributed by atoms with van der Waals surface area (Å²) < 4.78 is 5.89. The zero-order valence-corrected chi connectivity index (χ0v) is 24.7. The van der Waals surface area contributed by atoms with E-state index in [1.165, 1.54) is 11.3 Å². The van der Waals surface area contributed by atoms with Crippen LogP contribution >= 0.6 is 11.3 Å². The Hall–Kier alpha value is -4.99. The molecule has 5 aromatic rings. The quantitative estimate of drug-likeness (QED) is 0.153. The first kappa shape index (κ1) is 28.1. The van der Waals surface area contributed by atoms with E-state index in [-0.39, 0.29) is 5.91 Å². The van der Waals surface area contributed by atoms with Crippen LogP contribution in [-0.2, 0) is 4.79 Å². The Labute approximate surface area is 254 Å². The van der Waals surface area contributed by atoms with E-state index in [2.05, 4.69) is 29.0 Å². The van der Waals surface area contributed by atoms with Gasteiger partial charge in [0, 0.05) is 11.1 Å². The fourth-order valence-electron chi connectivity index (χ4n) is 4.74. The number of azo groups is 1. The summed E-state index contributed by atoms with van der Waals surface area (Å²) in [5.74, 6) is 1.34. The number of ether oxygens (including phenoxy) is 1. The van der Waals surface area contributed by atoms with E-state index >= 15 is 0 Å². The molecule has 0 atom stereocenters. The van der Waals surface area contributed by atoms with Crippen molar-refractivity contribution in [1.29, 1.82) is 0 Å². The summed E-state index contributed by atoms with van der Waals surface area (Å²) in [6.45, 7) is 6.38. The van der Waals surface area contributed by atoms with Crippen molar-refractivity contribution in [2.75, 3.05) is 24.7 Å². The van der Waals surface area contributed by atoms with Crippen LogP contribution in [-0.4, -0.2) is 41.3 Å². The highest BCUT2D eigenvalue weighted by atomic mass is 32.1. The molecule has 9 heteroatoms. The van der Waals surface area contributed by atoms with E-state index in [9.17, 15) is 4.79 Å². The highest BCUT2D eigenvalue weighted by Gasteiger charge is 2.34. The van der Waals surface area contributed by atoms with Gasteiger partial charge in [0.05, 0.1) is 18.0 Å². The van der Waals surface area contributed by atoms with Crippen LogP contribution in [0.4, 0.5) is 21.5 Å². The summed E-state index contributed by atoms with van der Waals surface area (Å²) in [4.78, 5) is 27.3. The molecule has 1 aromatic heterocycles. The predicted molar refractivity (Wildman–Crippen MR) is 173 cm³/mol. The number of para-hydroxylation sites is 2. The molecule has 0 saturated carbocycles. The van der Waals surface area contributed by atoms with E-state index in [1.807, 2.05) is 109 Å². The average Bonchev–Trinajstić information content (AvgIpc) is 3.58. The molecule has 214 valence electrons. The zero-order chi connectivity index (χ0) is 29.6. The molecule has 4 aromatic carbocycles. The maximum Gasteiger partial charge on any atom is 0.278 e. The fourth-order valence-corrected chi connectivity index (χ4v) is 5.53. The van der Waals surface area contributed by atoms with Crippen LogP contribution in [0, 0.1) is 0 Å². The van der Waals surface area contributed by atoms with Gasteiger partial charge in [0.2, 0.25) is 5.13 Å². The number of thiazole rings is 1. The Bertz CT molecular complexity index is 1760. The molecule has 1 amide bonds. The van der Waals surface area contributed by atoms with Gasteiger partial charge < -0.3 is 4.74 Å². The molecule has 0 aliphatic carbocycles. The summed E-state index contributed by atoms with van der Waals surface area (Å²) in [5, 5.41) is 10.1. The molecule has 1 aliphatic heterocycles. The second-order valence-electron chi connectivity index (χ2n) is 9.78. The molecule has 0 bridgehead atoms. The molecule has 6 rings (SSSR count). The first-order chi connectivity index (χ1) is 21.1. The first-order valence-corrected chi connectivity index (χ1v) is 15.0. The van der Waals surface area contributed by atoms with Crippen molar-refractivity contribution < 1.29 is 9.53 Å². The molecule has 0 fully saturated rings. The van der Waals surface area contributed by atoms with Crippen molar-refractivity contribution in [3.05, 3.63) is 115 Å². The number of hydrogen-bond acceptors (Lipinski definition) is 8. The van der Waals surface area contributed by atoms with E-state index in [0.29, 0.717) is 39.6 Å². The Kier molecular flexibility index (Phi) is 8.44. The molecule has 2 heterocycles. The minimum absolute atomic E-state index is 0.134. The lowest BCUT2D eigenvalue weighted by molar-refractivity contribution is -0.112. The van der Waals surface area contributed by atoms with Crippen LogP contribution < -0.4 is 9.64 Å². The number of anilines is 1. The lowest BCUT2D eigenvalue weighted by atomic mass is 10.1. The van der Waals surface area contributed by atoms with Gasteiger partial charge in [-0.2, -0.15) is 0 Å². The molecular formula is C34H30N6O2S. The van der Waals surface area contributed by atoms with E-state index in [0.717, 1.165) is 35.7 Å². The van der Waals surface area contributed by atoms with E-state index in [1.54, 1.807) is 4.90 Å². The first-order valence-electron chi connectivity index (χ1n) is 14.2. The van der Waals surface area contributed by atoms with Crippen LogP contribution in [0.5, 0.6) is 11.5 Å². The third-order valence-corrected chi connectivity index (χ3v) is 7.89. The van der Waals surface area contributed by atoms with E-state index in [4.69, 9.17) is 14.7 Å². The smallest absolute Gasteiger partial charge is 0.278 e. The topological polar surface area (TPSA) is 82.8 Å². The van der Waals surface area contributed by atoms with Gasteiger partial charge in [0.15, 0.2) is 5.00 Å². The number of nitrogens with zero attached hydrogens (tertiary/aromatic N) is 6. The van der Waals surface area contributed by atoms with Crippen molar-refractivity contribution in [2.45, 2.75) is 13.8 Å². The maximum absolute atomic E-state index is 13.6. The molecule has 0 saturated heterocycles. The Balaban J connectivity index is 1.31. The number of carbonyl (C=O) groups is 1. The molecule has 0 spiro atoms. The SMILES string of the molecule is CCN(CC)CN1C(=O)/C(=N\c2nc(-c3ccccc3)c(N=Nc3ccc(Oc4ccccc4)cc3)s2)c2ccccc21. The second-order valence-corrected chi connectivity index (χ2v) is 10.7. The Morgan fingerprint density at radius 2 is 1.44 bits per heavy atom. The van der Waals surface area contributed by atoms with Crippen LogP contribution in [0.15, 0.2) is 124 Å². The average molecular weight is 587 g/mol. The molecular weight excluding hydrogens is 556 g/mol. The van der Waals surface area contributed by atoms with Gasteiger partial charge in [-0.15, -0.1) is 10.2 Å². The largest absolute Gasteiger partial charge is 0.457 e. The fraction of sp³-hybridized carbons (Fsp3) is 0.147. The third kappa shape index (κ3) is 6.28. The van der Waals surface area contributed by atoms with Gasteiger partial charge >= 0.3 is 0 Å². The number of hydrogen-bond donors (Lipinski definition) is 0. The summed E-state index contributed by atoms with van der Waals surface area (Å²) in [6.07, 6.45) is 0. The van der Waals surface area contributed by atoms with Crippen molar-refractivity contribution in [3.63, 3.8) is 0 Å². The monoisotopic (exact) mass is 586 g/mol. The van der Waals surface area contributed by atoms with Gasteiger partial charge in [0.1, 0.15) is 22.9 Å². The lowest BCUT2D eigenvalue weighted by Crippen LogP contribution is -2.41. The highest BCUT2D eigenvalue weighted by Crippen LogP contribution is 2.41. The van der Waals surface area contributed by atoms with Gasteiger partial charge in [0.25, 0.3) is 5.91 Å². The lowest BCUT2D eigenvalue weighted by Gasteiger charge is -2.25. The number of amides is 1. The summed E-state index contributed by atoms with van der Waals surface area (Å²) in [6, 6.07) is 34.6. The van der Waals surface area contributed by atoms with Gasteiger partial charge in [-0.05, 0) is 55.6 Å². The number of carbonyl (C=O) groups excluding carboxylic acids is 1. The molecule has 0 unspecified atom stereocenters. The summed E-state index contributed by atoms with van der Waals surface area (Å²) >= 11 is 1.30.